The largest absolute Gasteiger partial charge is 0.469 e. The third-order valence-corrected chi connectivity index (χ3v) is 5.12. The van der Waals surface area contributed by atoms with E-state index >= 15 is 0 Å². The summed E-state index contributed by atoms with van der Waals surface area (Å²) in [6, 6.07) is 4.16. The van der Waals surface area contributed by atoms with Crippen LogP contribution in [0, 0.1) is 5.92 Å². The minimum atomic E-state index is 0.0462. The molecule has 3 heterocycles. The molecule has 1 N–H and O–H groups in total. The van der Waals surface area contributed by atoms with E-state index in [-0.39, 0.29) is 29.8 Å². The summed E-state index contributed by atoms with van der Waals surface area (Å²) in [5.74, 6) is 1.55. The van der Waals surface area contributed by atoms with Crippen LogP contribution in [0.3, 0.4) is 0 Å². The van der Waals surface area contributed by atoms with Crippen molar-refractivity contribution in [1.29, 1.82) is 0 Å². The van der Waals surface area contributed by atoms with Gasteiger partial charge in [0.1, 0.15) is 5.76 Å². The van der Waals surface area contributed by atoms with E-state index in [1.54, 1.807) is 6.26 Å². The lowest BCUT2D eigenvalue weighted by Gasteiger charge is -2.36. The van der Waals surface area contributed by atoms with Crippen LogP contribution in [0.2, 0.25) is 0 Å². The van der Waals surface area contributed by atoms with E-state index in [2.05, 4.69) is 5.32 Å². The number of nitrogens with zero attached hydrogens (tertiary/aromatic N) is 2. The second kappa shape index (κ2) is 5.34. The average Bonchev–Trinajstić information content (AvgIpc) is 2.95. The van der Waals surface area contributed by atoms with Crippen LogP contribution in [0.4, 0.5) is 4.79 Å². The lowest BCUT2D eigenvalue weighted by Crippen LogP contribution is -2.48. The SMILES string of the molecule is O=C([C@H]1C[C@@H]1c1ccco1)N1CCC(N2CCNC2=O)CC1. The average molecular weight is 303 g/mol. The van der Waals surface area contributed by atoms with Crippen molar-refractivity contribution in [3.8, 4) is 0 Å². The molecule has 3 aliphatic rings. The second-order valence-electron chi connectivity index (χ2n) is 6.45. The Bertz CT molecular complexity index is 563. The molecule has 118 valence electrons. The molecule has 1 aromatic heterocycles. The maximum absolute atomic E-state index is 12.5. The first-order chi connectivity index (χ1) is 10.7. The topological polar surface area (TPSA) is 65.8 Å². The Morgan fingerprint density at radius 2 is 2.09 bits per heavy atom. The van der Waals surface area contributed by atoms with Crippen molar-refractivity contribution in [2.24, 2.45) is 5.92 Å². The Morgan fingerprint density at radius 1 is 1.27 bits per heavy atom. The number of likely N-dealkylation sites (tertiary alicyclic amines) is 1. The summed E-state index contributed by atoms with van der Waals surface area (Å²) in [4.78, 5) is 28.1. The van der Waals surface area contributed by atoms with Crippen molar-refractivity contribution in [3.05, 3.63) is 24.2 Å². The maximum atomic E-state index is 12.5. The van der Waals surface area contributed by atoms with Crippen molar-refractivity contribution in [3.63, 3.8) is 0 Å². The number of carbonyl (C=O) groups excluding carboxylic acids is 2. The lowest BCUT2D eigenvalue weighted by molar-refractivity contribution is -0.134. The Balaban J connectivity index is 1.31. The smallest absolute Gasteiger partial charge is 0.317 e. The van der Waals surface area contributed by atoms with E-state index in [4.69, 9.17) is 4.42 Å². The van der Waals surface area contributed by atoms with E-state index in [1.165, 1.54) is 0 Å². The van der Waals surface area contributed by atoms with Gasteiger partial charge < -0.3 is 19.5 Å². The summed E-state index contributed by atoms with van der Waals surface area (Å²) >= 11 is 0. The van der Waals surface area contributed by atoms with Crippen LogP contribution in [0.5, 0.6) is 0 Å². The molecule has 1 saturated carbocycles. The zero-order valence-corrected chi connectivity index (χ0v) is 12.5. The van der Waals surface area contributed by atoms with Crippen LogP contribution >= 0.6 is 0 Å². The number of furan rings is 1. The second-order valence-corrected chi connectivity index (χ2v) is 6.45. The third-order valence-electron chi connectivity index (χ3n) is 5.12. The number of carbonyl (C=O) groups is 2. The Kier molecular flexibility index (Phi) is 3.32. The molecule has 1 aliphatic carbocycles. The molecule has 0 bridgehead atoms. The van der Waals surface area contributed by atoms with Gasteiger partial charge in [-0.15, -0.1) is 0 Å². The van der Waals surface area contributed by atoms with Crippen LogP contribution < -0.4 is 5.32 Å². The molecule has 3 fully saturated rings. The number of piperidine rings is 1. The highest BCUT2D eigenvalue weighted by Gasteiger charge is 2.48. The quantitative estimate of drug-likeness (QED) is 0.918. The Hall–Kier alpha value is -1.98. The number of hydrogen-bond donors (Lipinski definition) is 1. The summed E-state index contributed by atoms with van der Waals surface area (Å²) in [6.07, 6.45) is 4.34. The van der Waals surface area contributed by atoms with Crippen molar-refractivity contribution >= 4 is 11.9 Å². The molecule has 4 rings (SSSR count). The Labute approximate surface area is 129 Å². The predicted molar refractivity (Wildman–Crippen MR) is 79.3 cm³/mol. The standard InChI is InChI=1S/C16H21N3O3/c20-15(13-10-12(13)14-2-1-9-22-14)18-6-3-11(4-7-18)19-8-5-17-16(19)21/h1-2,9,11-13H,3-8,10H2,(H,17,21)/t12-,13-/m0/s1. The van der Waals surface area contributed by atoms with E-state index < -0.39 is 0 Å². The van der Waals surface area contributed by atoms with Gasteiger partial charge in [0, 0.05) is 44.1 Å². The molecule has 6 heteroatoms. The number of amides is 3. The number of urea groups is 1. The monoisotopic (exact) mass is 303 g/mol. The molecule has 2 atom stereocenters. The zero-order chi connectivity index (χ0) is 15.1. The first-order valence-electron chi connectivity index (χ1n) is 8.10. The molecule has 0 radical (unpaired) electrons. The third kappa shape index (κ3) is 2.36. The summed E-state index contributed by atoms with van der Waals surface area (Å²) in [6.45, 7) is 3.05. The van der Waals surface area contributed by atoms with Gasteiger partial charge in [0.15, 0.2) is 0 Å². The van der Waals surface area contributed by atoms with Crippen LogP contribution in [-0.2, 0) is 4.79 Å². The van der Waals surface area contributed by atoms with Crippen LogP contribution in [0.15, 0.2) is 22.8 Å². The predicted octanol–water partition coefficient (Wildman–Crippen LogP) is 1.40. The summed E-state index contributed by atoms with van der Waals surface area (Å²) in [5, 5.41) is 2.85. The van der Waals surface area contributed by atoms with Gasteiger partial charge in [-0.05, 0) is 31.4 Å². The van der Waals surface area contributed by atoms with Gasteiger partial charge in [0.25, 0.3) is 0 Å². The molecule has 3 amide bonds. The fraction of sp³-hybridized carbons (Fsp3) is 0.625. The minimum absolute atomic E-state index is 0.0462. The highest BCUT2D eigenvalue weighted by Crippen LogP contribution is 2.48. The van der Waals surface area contributed by atoms with Gasteiger partial charge in [-0.3, -0.25) is 4.79 Å². The molecule has 22 heavy (non-hydrogen) atoms. The molecule has 0 aromatic carbocycles. The van der Waals surface area contributed by atoms with Crippen LogP contribution in [-0.4, -0.2) is 54.0 Å². The van der Waals surface area contributed by atoms with Crippen molar-refractivity contribution < 1.29 is 14.0 Å². The van der Waals surface area contributed by atoms with Crippen molar-refractivity contribution in [2.45, 2.75) is 31.2 Å². The van der Waals surface area contributed by atoms with E-state index in [1.807, 2.05) is 21.9 Å². The zero-order valence-electron chi connectivity index (χ0n) is 12.5. The molecule has 1 aromatic rings. The summed E-state index contributed by atoms with van der Waals surface area (Å²) in [5.41, 5.74) is 0. The maximum Gasteiger partial charge on any atom is 0.317 e. The lowest BCUT2D eigenvalue weighted by atomic mass is 10.0. The molecule has 2 saturated heterocycles. The first kappa shape index (κ1) is 13.7. The van der Waals surface area contributed by atoms with Gasteiger partial charge in [-0.25, -0.2) is 4.79 Å². The Morgan fingerprint density at radius 3 is 2.73 bits per heavy atom. The number of nitrogens with one attached hydrogen (secondary N) is 1. The molecular formula is C16H21N3O3. The van der Waals surface area contributed by atoms with E-state index in [0.29, 0.717) is 0 Å². The molecule has 0 spiro atoms. The van der Waals surface area contributed by atoms with Gasteiger partial charge in [0.05, 0.1) is 6.26 Å². The van der Waals surface area contributed by atoms with E-state index in [9.17, 15) is 9.59 Å². The molecule has 6 nitrogen and oxygen atoms in total. The van der Waals surface area contributed by atoms with Gasteiger partial charge in [-0.2, -0.15) is 0 Å². The molecule has 0 unspecified atom stereocenters. The minimum Gasteiger partial charge on any atom is -0.469 e. The van der Waals surface area contributed by atoms with Crippen molar-refractivity contribution in [2.75, 3.05) is 26.2 Å². The first-order valence-corrected chi connectivity index (χ1v) is 8.10. The number of hydrogen-bond acceptors (Lipinski definition) is 3. The molecular weight excluding hydrogens is 282 g/mol. The summed E-state index contributed by atoms with van der Waals surface area (Å²) < 4.78 is 5.40. The van der Waals surface area contributed by atoms with Gasteiger partial charge in [-0.1, -0.05) is 0 Å². The van der Waals surface area contributed by atoms with Gasteiger partial charge in [0.2, 0.25) is 5.91 Å². The highest BCUT2D eigenvalue weighted by atomic mass is 16.3. The fourth-order valence-electron chi connectivity index (χ4n) is 3.75. The van der Waals surface area contributed by atoms with Crippen molar-refractivity contribution in [1.82, 2.24) is 15.1 Å². The highest BCUT2D eigenvalue weighted by molar-refractivity contribution is 5.83. The van der Waals surface area contributed by atoms with E-state index in [0.717, 1.165) is 51.2 Å². The molecule has 2 aliphatic heterocycles. The normalized spacial score (nSPS) is 28.8. The van der Waals surface area contributed by atoms with Gasteiger partial charge >= 0.3 is 6.03 Å². The van der Waals surface area contributed by atoms with Crippen LogP contribution in [0.1, 0.15) is 30.9 Å². The van der Waals surface area contributed by atoms with Crippen LogP contribution in [0.25, 0.3) is 0 Å². The number of rotatable bonds is 3. The summed E-state index contributed by atoms with van der Waals surface area (Å²) in [7, 11) is 0. The fourth-order valence-corrected chi connectivity index (χ4v) is 3.75.